The number of morpholine rings is 1. The van der Waals surface area contributed by atoms with E-state index < -0.39 is 0 Å². The predicted molar refractivity (Wildman–Crippen MR) is 77.6 cm³/mol. The van der Waals surface area contributed by atoms with E-state index >= 15 is 0 Å². The summed E-state index contributed by atoms with van der Waals surface area (Å²) in [6.45, 7) is 6.80. The summed E-state index contributed by atoms with van der Waals surface area (Å²) in [6, 6.07) is 6.56. The van der Waals surface area contributed by atoms with Crippen LogP contribution in [-0.4, -0.2) is 44.1 Å². The van der Waals surface area contributed by atoms with Crippen molar-refractivity contribution in [3.63, 3.8) is 0 Å². The number of hydrogen-bond donors (Lipinski definition) is 2. The first-order chi connectivity index (χ1) is 9.13. The maximum atomic E-state index is 9.28. The molecule has 19 heavy (non-hydrogen) atoms. The molecule has 0 aliphatic carbocycles. The van der Waals surface area contributed by atoms with Gasteiger partial charge in [0, 0.05) is 25.3 Å². The van der Waals surface area contributed by atoms with Crippen molar-refractivity contribution in [2.24, 2.45) is 0 Å². The van der Waals surface area contributed by atoms with Crippen LogP contribution >= 0.6 is 0 Å². The van der Waals surface area contributed by atoms with Gasteiger partial charge in [0.1, 0.15) is 0 Å². The van der Waals surface area contributed by atoms with Crippen LogP contribution in [0.4, 0.5) is 5.69 Å². The van der Waals surface area contributed by atoms with E-state index in [1.807, 2.05) is 7.05 Å². The fraction of sp³-hybridized carbons (Fsp3) is 0.600. The summed E-state index contributed by atoms with van der Waals surface area (Å²) in [5.74, 6) is 0. The molecule has 0 spiro atoms. The van der Waals surface area contributed by atoms with Crippen LogP contribution in [0.15, 0.2) is 18.2 Å². The Morgan fingerprint density at radius 2 is 2.21 bits per heavy atom. The maximum absolute atomic E-state index is 9.28. The van der Waals surface area contributed by atoms with Gasteiger partial charge in [-0.2, -0.15) is 0 Å². The Bertz CT molecular complexity index is 423. The smallest absolute Gasteiger partial charge is 0.0984 e. The van der Waals surface area contributed by atoms with E-state index in [1.54, 1.807) is 0 Å². The Kier molecular flexibility index (Phi) is 4.80. The van der Waals surface area contributed by atoms with Crippen molar-refractivity contribution in [1.29, 1.82) is 0 Å². The highest BCUT2D eigenvalue weighted by atomic mass is 16.5. The Morgan fingerprint density at radius 1 is 1.42 bits per heavy atom. The van der Waals surface area contributed by atoms with Crippen LogP contribution in [0.5, 0.6) is 0 Å². The summed E-state index contributed by atoms with van der Waals surface area (Å²) in [5, 5.41) is 12.5. The van der Waals surface area contributed by atoms with Gasteiger partial charge in [0.05, 0.1) is 18.8 Å². The van der Waals surface area contributed by atoms with Crippen molar-refractivity contribution in [1.82, 2.24) is 5.32 Å². The zero-order valence-corrected chi connectivity index (χ0v) is 12.0. The summed E-state index contributed by atoms with van der Waals surface area (Å²) in [5.41, 5.74) is 3.84. The third-order valence-electron chi connectivity index (χ3n) is 3.59. The van der Waals surface area contributed by atoms with Crippen molar-refractivity contribution in [2.45, 2.75) is 32.6 Å². The Hall–Kier alpha value is -1.10. The van der Waals surface area contributed by atoms with Crippen LogP contribution in [-0.2, 0) is 11.3 Å². The lowest BCUT2D eigenvalue weighted by atomic mass is 10.1. The lowest BCUT2D eigenvalue weighted by molar-refractivity contribution is -0.0421. The number of benzene rings is 1. The minimum atomic E-state index is -0.0824. The number of aliphatic hydroxyl groups excluding tert-OH is 1. The molecule has 2 unspecified atom stereocenters. The van der Waals surface area contributed by atoms with E-state index in [9.17, 15) is 5.11 Å². The molecule has 106 valence electrons. The Morgan fingerprint density at radius 3 is 2.84 bits per heavy atom. The second kappa shape index (κ2) is 6.37. The highest BCUT2D eigenvalue weighted by Crippen LogP contribution is 2.23. The van der Waals surface area contributed by atoms with Gasteiger partial charge in [-0.05, 0) is 44.2 Å². The van der Waals surface area contributed by atoms with Crippen molar-refractivity contribution in [2.75, 3.05) is 31.6 Å². The predicted octanol–water partition coefficient (Wildman–Crippen LogP) is 1.30. The number of hydrogen-bond acceptors (Lipinski definition) is 4. The minimum absolute atomic E-state index is 0.0810. The fourth-order valence-electron chi connectivity index (χ4n) is 2.62. The van der Waals surface area contributed by atoms with E-state index in [0.717, 1.165) is 19.6 Å². The molecule has 0 amide bonds. The molecule has 0 radical (unpaired) electrons. The van der Waals surface area contributed by atoms with Crippen LogP contribution in [0, 0.1) is 6.92 Å². The topological polar surface area (TPSA) is 44.7 Å². The molecule has 2 rings (SSSR count). The molecule has 1 aliphatic rings. The highest BCUT2D eigenvalue weighted by molar-refractivity contribution is 5.51. The van der Waals surface area contributed by atoms with Gasteiger partial charge >= 0.3 is 0 Å². The van der Waals surface area contributed by atoms with Crippen LogP contribution in [0.3, 0.4) is 0 Å². The average molecular weight is 264 g/mol. The van der Waals surface area contributed by atoms with Gasteiger partial charge in [-0.25, -0.2) is 0 Å². The molecule has 1 aromatic rings. The minimum Gasteiger partial charge on any atom is -0.394 e. The highest BCUT2D eigenvalue weighted by Gasteiger charge is 2.24. The summed E-state index contributed by atoms with van der Waals surface area (Å²) >= 11 is 0. The van der Waals surface area contributed by atoms with Crippen LogP contribution in [0.2, 0.25) is 0 Å². The zero-order valence-electron chi connectivity index (χ0n) is 12.0. The van der Waals surface area contributed by atoms with Crippen molar-refractivity contribution in [3.8, 4) is 0 Å². The van der Waals surface area contributed by atoms with E-state index in [2.05, 4.69) is 42.3 Å². The largest absolute Gasteiger partial charge is 0.394 e. The van der Waals surface area contributed by atoms with Crippen molar-refractivity contribution in [3.05, 3.63) is 29.3 Å². The van der Waals surface area contributed by atoms with Gasteiger partial charge < -0.3 is 20.1 Å². The average Bonchev–Trinajstić information content (AvgIpc) is 2.40. The van der Waals surface area contributed by atoms with Gasteiger partial charge in [0.25, 0.3) is 0 Å². The molecule has 1 heterocycles. The zero-order chi connectivity index (χ0) is 13.8. The number of aliphatic hydroxyl groups is 1. The molecular formula is C15H24N2O2. The molecule has 4 nitrogen and oxygen atoms in total. The molecule has 2 atom stereocenters. The molecule has 1 aromatic carbocycles. The third kappa shape index (κ3) is 3.47. The van der Waals surface area contributed by atoms with E-state index in [4.69, 9.17) is 4.74 Å². The molecular weight excluding hydrogens is 240 g/mol. The van der Waals surface area contributed by atoms with Crippen molar-refractivity contribution >= 4 is 5.69 Å². The molecule has 2 N–H and O–H groups in total. The third-order valence-corrected chi connectivity index (χ3v) is 3.59. The van der Waals surface area contributed by atoms with Gasteiger partial charge in [0.15, 0.2) is 0 Å². The van der Waals surface area contributed by atoms with Crippen molar-refractivity contribution < 1.29 is 9.84 Å². The second-order valence-electron chi connectivity index (χ2n) is 5.30. The normalized spacial score (nSPS) is 23.7. The fourth-order valence-corrected chi connectivity index (χ4v) is 2.62. The molecule has 1 saturated heterocycles. The number of anilines is 1. The molecule has 1 aliphatic heterocycles. The number of nitrogens with one attached hydrogen (secondary N) is 1. The van der Waals surface area contributed by atoms with E-state index in [-0.39, 0.29) is 18.8 Å². The first-order valence-corrected chi connectivity index (χ1v) is 6.89. The molecule has 0 bridgehead atoms. The Balaban J connectivity index is 2.14. The number of aryl methyl sites for hydroxylation is 1. The molecule has 0 saturated carbocycles. The Labute approximate surface area is 115 Å². The summed E-state index contributed by atoms with van der Waals surface area (Å²) in [6.07, 6.45) is 0.0734. The standard InChI is InChI=1S/C15H24N2O2/c1-11-6-14(5-4-13(11)7-16-3)17-8-12(2)19-15(9-17)10-18/h4-6,12,15-16,18H,7-10H2,1-3H3. The number of rotatable bonds is 4. The quantitative estimate of drug-likeness (QED) is 0.860. The summed E-state index contributed by atoms with van der Waals surface area (Å²) in [7, 11) is 1.96. The van der Waals surface area contributed by atoms with Gasteiger partial charge in [0.2, 0.25) is 0 Å². The SMILES string of the molecule is CNCc1ccc(N2CC(C)OC(CO)C2)cc1C. The lowest BCUT2D eigenvalue weighted by Crippen LogP contribution is -2.48. The van der Waals surface area contributed by atoms with Gasteiger partial charge in [-0.1, -0.05) is 6.07 Å². The maximum Gasteiger partial charge on any atom is 0.0984 e. The monoisotopic (exact) mass is 264 g/mol. The first-order valence-electron chi connectivity index (χ1n) is 6.89. The van der Waals surface area contributed by atoms with Crippen LogP contribution in [0.1, 0.15) is 18.1 Å². The van der Waals surface area contributed by atoms with Gasteiger partial charge in [-0.15, -0.1) is 0 Å². The van der Waals surface area contributed by atoms with Gasteiger partial charge in [-0.3, -0.25) is 0 Å². The first kappa shape index (κ1) is 14.3. The number of ether oxygens (including phenoxy) is 1. The molecule has 1 fully saturated rings. The lowest BCUT2D eigenvalue weighted by Gasteiger charge is -2.37. The van der Waals surface area contributed by atoms with Crippen LogP contribution < -0.4 is 10.2 Å². The molecule has 0 aromatic heterocycles. The summed E-state index contributed by atoms with van der Waals surface area (Å²) < 4.78 is 5.68. The van der Waals surface area contributed by atoms with E-state index in [0.29, 0.717) is 0 Å². The second-order valence-corrected chi connectivity index (χ2v) is 5.30. The molecule has 4 heteroatoms. The van der Waals surface area contributed by atoms with Crippen LogP contribution in [0.25, 0.3) is 0 Å². The van der Waals surface area contributed by atoms with E-state index in [1.165, 1.54) is 16.8 Å². The summed E-state index contributed by atoms with van der Waals surface area (Å²) in [4.78, 5) is 2.30. The number of nitrogens with zero attached hydrogens (tertiary/aromatic N) is 1.